The van der Waals surface area contributed by atoms with Crippen molar-refractivity contribution in [2.45, 2.75) is 71.9 Å². The zero-order valence-electron chi connectivity index (χ0n) is 11.5. The van der Waals surface area contributed by atoms with Crippen LogP contribution >= 0.6 is 0 Å². The van der Waals surface area contributed by atoms with Gasteiger partial charge in [-0.15, -0.1) is 0 Å². The van der Waals surface area contributed by atoms with Gasteiger partial charge in [0, 0.05) is 12.6 Å². The van der Waals surface area contributed by atoms with Gasteiger partial charge in [0.2, 0.25) is 0 Å². The molecule has 1 atom stereocenters. The van der Waals surface area contributed by atoms with Gasteiger partial charge in [0.25, 0.3) is 0 Å². The zero-order valence-corrected chi connectivity index (χ0v) is 11.5. The Morgan fingerprint density at radius 3 is 2.62 bits per heavy atom. The molecule has 1 fully saturated rings. The fourth-order valence-electron chi connectivity index (χ4n) is 2.25. The summed E-state index contributed by atoms with van der Waals surface area (Å²) >= 11 is 0. The van der Waals surface area contributed by atoms with E-state index in [2.05, 4.69) is 33.0 Å². The second-order valence-corrected chi connectivity index (χ2v) is 6.20. The fraction of sp³-hybridized carbons (Fsp3) is 1.00. The maximum absolute atomic E-state index is 5.68. The van der Waals surface area contributed by atoms with Crippen molar-refractivity contribution in [1.82, 2.24) is 5.32 Å². The van der Waals surface area contributed by atoms with Crippen LogP contribution in [0.15, 0.2) is 0 Å². The lowest BCUT2D eigenvalue weighted by Gasteiger charge is -2.26. The van der Waals surface area contributed by atoms with Crippen molar-refractivity contribution in [2.24, 2.45) is 5.41 Å². The van der Waals surface area contributed by atoms with Crippen LogP contribution in [0.5, 0.6) is 0 Å². The van der Waals surface area contributed by atoms with Gasteiger partial charge in [-0.25, -0.2) is 0 Å². The number of hydrogen-bond donors (Lipinski definition) is 1. The fourth-order valence-corrected chi connectivity index (χ4v) is 2.25. The number of ether oxygens (including phenoxy) is 1. The van der Waals surface area contributed by atoms with Crippen LogP contribution in [-0.2, 0) is 4.74 Å². The highest BCUT2D eigenvalue weighted by molar-refractivity contribution is 4.74. The molecule has 0 spiro atoms. The quantitative estimate of drug-likeness (QED) is 0.720. The van der Waals surface area contributed by atoms with Crippen LogP contribution in [0.3, 0.4) is 0 Å². The van der Waals surface area contributed by atoms with E-state index in [4.69, 9.17) is 4.74 Å². The molecule has 96 valence electrons. The number of rotatable bonds is 7. The molecule has 0 saturated carbocycles. The van der Waals surface area contributed by atoms with E-state index in [1.165, 1.54) is 32.1 Å². The zero-order chi connectivity index (χ0) is 12.0. The van der Waals surface area contributed by atoms with Crippen LogP contribution in [-0.4, -0.2) is 25.3 Å². The van der Waals surface area contributed by atoms with Crippen molar-refractivity contribution >= 4 is 0 Å². The summed E-state index contributed by atoms with van der Waals surface area (Å²) in [4.78, 5) is 0. The molecule has 1 aliphatic heterocycles. The van der Waals surface area contributed by atoms with Gasteiger partial charge in [-0.05, 0) is 44.1 Å². The first-order chi connectivity index (χ1) is 7.49. The Morgan fingerprint density at radius 2 is 2.06 bits per heavy atom. The third-order valence-corrected chi connectivity index (χ3v) is 3.52. The summed E-state index contributed by atoms with van der Waals surface area (Å²) in [6, 6.07) is 0.606. The van der Waals surface area contributed by atoms with Crippen LogP contribution in [0, 0.1) is 5.41 Å². The highest BCUT2D eigenvalue weighted by Gasteiger charge is 2.22. The molecule has 0 radical (unpaired) electrons. The summed E-state index contributed by atoms with van der Waals surface area (Å²) in [5, 5.41) is 3.50. The molecule has 2 nitrogen and oxygen atoms in total. The summed E-state index contributed by atoms with van der Waals surface area (Å²) in [5.74, 6) is 0. The van der Waals surface area contributed by atoms with Crippen molar-refractivity contribution < 1.29 is 4.74 Å². The van der Waals surface area contributed by atoms with Crippen LogP contribution in [0.25, 0.3) is 0 Å². The van der Waals surface area contributed by atoms with Crippen molar-refractivity contribution in [3.8, 4) is 0 Å². The topological polar surface area (TPSA) is 21.3 Å². The van der Waals surface area contributed by atoms with Gasteiger partial charge in [-0.3, -0.25) is 0 Å². The van der Waals surface area contributed by atoms with Gasteiger partial charge in [-0.2, -0.15) is 0 Å². The van der Waals surface area contributed by atoms with Gasteiger partial charge in [0.15, 0.2) is 0 Å². The van der Waals surface area contributed by atoms with Crippen molar-refractivity contribution in [2.75, 3.05) is 13.2 Å². The van der Waals surface area contributed by atoms with E-state index in [1.54, 1.807) is 0 Å². The molecule has 1 rings (SSSR count). The lowest BCUT2D eigenvalue weighted by Crippen LogP contribution is -2.28. The van der Waals surface area contributed by atoms with E-state index >= 15 is 0 Å². The molecule has 0 aromatic heterocycles. The van der Waals surface area contributed by atoms with Gasteiger partial charge in [0.05, 0.1) is 6.10 Å². The van der Waals surface area contributed by atoms with Crippen LogP contribution in [0.1, 0.15) is 59.8 Å². The Hall–Kier alpha value is -0.0800. The monoisotopic (exact) mass is 227 g/mol. The Kier molecular flexibility index (Phi) is 5.77. The molecule has 0 amide bonds. The molecule has 1 N–H and O–H groups in total. The third-order valence-electron chi connectivity index (χ3n) is 3.52. The van der Waals surface area contributed by atoms with E-state index in [-0.39, 0.29) is 0 Å². The van der Waals surface area contributed by atoms with Crippen molar-refractivity contribution in [3.63, 3.8) is 0 Å². The summed E-state index contributed by atoms with van der Waals surface area (Å²) in [5.41, 5.74) is 0.452. The summed E-state index contributed by atoms with van der Waals surface area (Å²) in [7, 11) is 0. The normalized spacial score (nSPS) is 21.9. The molecule has 0 aromatic rings. The Morgan fingerprint density at radius 1 is 1.31 bits per heavy atom. The van der Waals surface area contributed by atoms with Crippen molar-refractivity contribution in [3.05, 3.63) is 0 Å². The molecule has 1 aliphatic rings. The van der Waals surface area contributed by atoms with E-state index in [9.17, 15) is 0 Å². The van der Waals surface area contributed by atoms with Crippen LogP contribution in [0.2, 0.25) is 0 Å². The minimum atomic E-state index is 0.452. The predicted octanol–water partition coefficient (Wildman–Crippen LogP) is 3.36. The summed E-state index contributed by atoms with van der Waals surface area (Å²) in [6.07, 6.45) is 6.89. The molecule has 1 heterocycles. The van der Waals surface area contributed by atoms with Crippen molar-refractivity contribution in [1.29, 1.82) is 0 Å². The molecule has 0 aliphatic carbocycles. The molecule has 0 aromatic carbocycles. The average molecular weight is 227 g/mol. The Bertz CT molecular complexity index is 183. The SMILES string of the molecule is CC(C)NCCC(C)(C)CCC1CCCO1. The summed E-state index contributed by atoms with van der Waals surface area (Å²) < 4.78 is 5.68. The summed E-state index contributed by atoms with van der Waals surface area (Å²) in [6.45, 7) is 11.3. The molecular formula is C14H29NO. The van der Waals surface area contributed by atoms with E-state index in [1.807, 2.05) is 0 Å². The third kappa shape index (κ3) is 5.86. The van der Waals surface area contributed by atoms with E-state index in [0.29, 0.717) is 17.6 Å². The first kappa shape index (κ1) is 14.0. The van der Waals surface area contributed by atoms with Crippen LogP contribution in [0.4, 0.5) is 0 Å². The average Bonchev–Trinajstić information content (AvgIpc) is 2.66. The lowest BCUT2D eigenvalue weighted by molar-refractivity contribution is 0.0904. The van der Waals surface area contributed by atoms with E-state index in [0.717, 1.165) is 13.2 Å². The Labute approximate surface area is 101 Å². The minimum absolute atomic E-state index is 0.452. The first-order valence-electron chi connectivity index (χ1n) is 6.84. The molecule has 1 unspecified atom stereocenters. The first-order valence-corrected chi connectivity index (χ1v) is 6.84. The highest BCUT2D eigenvalue weighted by Crippen LogP contribution is 2.29. The van der Waals surface area contributed by atoms with Gasteiger partial charge in [-0.1, -0.05) is 27.7 Å². The van der Waals surface area contributed by atoms with Gasteiger partial charge < -0.3 is 10.1 Å². The lowest BCUT2D eigenvalue weighted by atomic mass is 9.83. The second kappa shape index (κ2) is 6.61. The Balaban J connectivity index is 2.12. The second-order valence-electron chi connectivity index (χ2n) is 6.20. The van der Waals surface area contributed by atoms with Gasteiger partial charge >= 0.3 is 0 Å². The predicted molar refractivity (Wildman–Crippen MR) is 69.7 cm³/mol. The van der Waals surface area contributed by atoms with Crippen LogP contribution < -0.4 is 5.32 Å². The maximum atomic E-state index is 5.68. The highest BCUT2D eigenvalue weighted by atomic mass is 16.5. The largest absolute Gasteiger partial charge is 0.378 e. The number of hydrogen-bond acceptors (Lipinski definition) is 2. The van der Waals surface area contributed by atoms with E-state index < -0.39 is 0 Å². The number of nitrogens with one attached hydrogen (secondary N) is 1. The van der Waals surface area contributed by atoms with Gasteiger partial charge in [0.1, 0.15) is 0 Å². The maximum Gasteiger partial charge on any atom is 0.0576 e. The molecule has 0 bridgehead atoms. The minimum Gasteiger partial charge on any atom is -0.378 e. The molecule has 2 heteroatoms. The standard InChI is InChI=1S/C14H29NO/c1-12(2)15-10-9-14(3,4)8-7-13-6-5-11-16-13/h12-13,15H,5-11H2,1-4H3. The molecular weight excluding hydrogens is 198 g/mol. The smallest absolute Gasteiger partial charge is 0.0576 e. The molecule has 1 saturated heterocycles. The molecule has 16 heavy (non-hydrogen) atoms.